The molecule has 17 heavy (non-hydrogen) atoms. The second-order valence-electron chi connectivity index (χ2n) is 3.59. The van der Waals surface area contributed by atoms with Crippen LogP contribution in [0.15, 0.2) is 18.2 Å². The summed E-state index contributed by atoms with van der Waals surface area (Å²) < 4.78 is 72.2. The van der Waals surface area contributed by atoms with E-state index in [9.17, 15) is 26.3 Å². The molecule has 0 heterocycles. The SMILES string of the molecule is Oc1cc(CC(F)(F)F)cc(CC(F)(F)F)c1. The molecule has 0 spiro atoms. The standard InChI is InChI=1S/C10H8F6O/c11-9(12,13)4-6-1-7(3-8(17)2-6)5-10(14,15)16/h1-3,17H,4-5H2. The Morgan fingerprint density at radius 1 is 0.765 bits per heavy atom. The van der Waals surface area contributed by atoms with E-state index in [4.69, 9.17) is 5.11 Å². The van der Waals surface area contributed by atoms with Gasteiger partial charge in [0.15, 0.2) is 0 Å². The van der Waals surface area contributed by atoms with Gasteiger partial charge >= 0.3 is 12.4 Å². The zero-order valence-corrected chi connectivity index (χ0v) is 8.36. The molecule has 0 aromatic heterocycles. The molecule has 0 amide bonds. The Labute approximate surface area is 92.7 Å². The number of rotatable bonds is 2. The zero-order valence-electron chi connectivity index (χ0n) is 8.36. The highest BCUT2D eigenvalue weighted by molar-refractivity contribution is 5.34. The van der Waals surface area contributed by atoms with Gasteiger partial charge in [-0.2, -0.15) is 26.3 Å². The second-order valence-corrected chi connectivity index (χ2v) is 3.59. The summed E-state index contributed by atoms with van der Waals surface area (Å²) in [5.41, 5.74) is -0.784. The van der Waals surface area contributed by atoms with Gasteiger partial charge < -0.3 is 5.11 Å². The molecule has 7 heteroatoms. The lowest BCUT2D eigenvalue weighted by molar-refractivity contribution is -0.127. The Hall–Kier alpha value is -1.40. The van der Waals surface area contributed by atoms with Crippen LogP contribution >= 0.6 is 0 Å². The van der Waals surface area contributed by atoms with E-state index in [0.717, 1.165) is 18.2 Å². The molecule has 0 aliphatic carbocycles. The van der Waals surface area contributed by atoms with Crippen LogP contribution in [-0.4, -0.2) is 17.5 Å². The molecule has 0 fully saturated rings. The zero-order chi connectivity index (χ0) is 13.3. The number of phenolic OH excluding ortho intramolecular Hbond substituents is 1. The summed E-state index contributed by atoms with van der Waals surface area (Å²) in [6.45, 7) is 0. The highest BCUT2D eigenvalue weighted by atomic mass is 19.4. The molecule has 0 saturated carbocycles. The van der Waals surface area contributed by atoms with E-state index in [2.05, 4.69) is 0 Å². The highest BCUT2D eigenvalue weighted by Crippen LogP contribution is 2.28. The van der Waals surface area contributed by atoms with Crippen LogP contribution in [0.25, 0.3) is 0 Å². The maximum atomic E-state index is 12.0. The molecule has 1 nitrogen and oxygen atoms in total. The van der Waals surface area contributed by atoms with Crippen LogP contribution in [0.4, 0.5) is 26.3 Å². The Morgan fingerprint density at radius 3 is 1.41 bits per heavy atom. The van der Waals surface area contributed by atoms with Gasteiger partial charge in [-0.05, 0) is 23.3 Å². The summed E-state index contributed by atoms with van der Waals surface area (Å²) in [7, 11) is 0. The molecule has 1 aromatic rings. The first-order valence-corrected chi connectivity index (χ1v) is 4.50. The predicted octanol–water partition coefficient (Wildman–Crippen LogP) is 3.60. The van der Waals surface area contributed by atoms with Gasteiger partial charge in [0, 0.05) is 0 Å². The Balaban J connectivity index is 2.95. The molecule has 96 valence electrons. The quantitative estimate of drug-likeness (QED) is 0.803. The molecule has 0 aliphatic heterocycles. The lowest BCUT2D eigenvalue weighted by Gasteiger charge is -2.10. The Kier molecular flexibility index (Phi) is 3.59. The average Bonchev–Trinajstić information content (AvgIpc) is 1.93. The van der Waals surface area contributed by atoms with Gasteiger partial charge in [0.05, 0.1) is 12.8 Å². The summed E-state index contributed by atoms with van der Waals surface area (Å²) in [6.07, 6.45) is -11.8. The van der Waals surface area contributed by atoms with Crippen molar-refractivity contribution in [2.75, 3.05) is 0 Å². The minimum atomic E-state index is -4.52. The van der Waals surface area contributed by atoms with Crippen molar-refractivity contribution in [3.05, 3.63) is 29.3 Å². The molecular formula is C10H8F6O. The van der Waals surface area contributed by atoms with Crippen LogP contribution in [0.2, 0.25) is 0 Å². The molecule has 0 unspecified atom stereocenters. The van der Waals surface area contributed by atoms with E-state index in [1.165, 1.54) is 0 Å². The number of hydrogen-bond acceptors (Lipinski definition) is 1. The van der Waals surface area contributed by atoms with E-state index in [1.807, 2.05) is 0 Å². The summed E-state index contributed by atoms with van der Waals surface area (Å²) in [5, 5.41) is 9.05. The first-order chi connectivity index (χ1) is 7.55. The van der Waals surface area contributed by atoms with Crippen molar-refractivity contribution in [1.29, 1.82) is 0 Å². The fraction of sp³-hybridized carbons (Fsp3) is 0.400. The third kappa shape index (κ3) is 5.46. The molecule has 0 saturated heterocycles. The van der Waals surface area contributed by atoms with Crippen LogP contribution in [0, 0.1) is 0 Å². The monoisotopic (exact) mass is 258 g/mol. The maximum Gasteiger partial charge on any atom is 0.393 e. The number of hydrogen-bond donors (Lipinski definition) is 1. The van der Waals surface area contributed by atoms with Crippen molar-refractivity contribution < 1.29 is 31.4 Å². The Morgan fingerprint density at radius 2 is 1.12 bits per heavy atom. The van der Waals surface area contributed by atoms with Crippen molar-refractivity contribution >= 4 is 0 Å². The third-order valence-corrected chi connectivity index (χ3v) is 1.85. The average molecular weight is 258 g/mol. The largest absolute Gasteiger partial charge is 0.508 e. The van der Waals surface area contributed by atoms with Crippen molar-refractivity contribution in [3.8, 4) is 5.75 Å². The van der Waals surface area contributed by atoms with E-state index in [0.29, 0.717) is 0 Å². The van der Waals surface area contributed by atoms with Crippen LogP contribution in [-0.2, 0) is 12.8 Å². The molecule has 0 aliphatic rings. The van der Waals surface area contributed by atoms with Crippen molar-refractivity contribution in [2.45, 2.75) is 25.2 Å². The Bertz CT molecular complexity index is 359. The molecule has 0 radical (unpaired) electrons. The van der Waals surface area contributed by atoms with E-state index in [-0.39, 0.29) is 0 Å². The topological polar surface area (TPSA) is 20.2 Å². The number of aromatic hydroxyl groups is 1. The van der Waals surface area contributed by atoms with Crippen molar-refractivity contribution in [1.82, 2.24) is 0 Å². The number of alkyl halides is 6. The molecule has 1 N–H and O–H groups in total. The van der Waals surface area contributed by atoms with Gasteiger partial charge in [-0.3, -0.25) is 0 Å². The molecule has 0 atom stereocenters. The first-order valence-electron chi connectivity index (χ1n) is 4.50. The first kappa shape index (κ1) is 13.7. The summed E-state index contributed by atoms with van der Waals surface area (Å²) in [4.78, 5) is 0. The lowest BCUT2D eigenvalue weighted by atomic mass is 10.0. The fourth-order valence-electron chi connectivity index (χ4n) is 1.41. The van der Waals surface area contributed by atoms with Crippen molar-refractivity contribution in [2.24, 2.45) is 0 Å². The maximum absolute atomic E-state index is 12.0. The van der Waals surface area contributed by atoms with E-state index >= 15 is 0 Å². The number of benzene rings is 1. The molecular weight excluding hydrogens is 250 g/mol. The molecule has 0 bridgehead atoms. The van der Waals surface area contributed by atoms with Gasteiger partial charge in [0.1, 0.15) is 5.75 Å². The van der Waals surface area contributed by atoms with Crippen LogP contribution < -0.4 is 0 Å². The highest BCUT2D eigenvalue weighted by Gasteiger charge is 2.30. The van der Waals surface area contributed by atoms with E-state index in [1.54, 1.807) is 0 Å². The summed E-state index contributed by atoms with van der Waals surface area (Å²) >= 11 is 0. The fourth-order valence-corrected chi connectivity index (χ4v) is 1.41. The third-order valence-electron chi connectivity index (χ3n) is 1.85. The predicted molar refractivity (Wildman–Crippen MR) is 47.6 cm³/mol. The van der Waals surface area contributed by atoms with Gasteiger partial charge in [0.2, 0.25) is 0 Å². The van der Waals surface area contributed by atoms with Gasteiger partial charge in [0.25, 0.3) is 0 Å². The van der Waals surface area contributed by atoms with Crippen molar-refractivity contribution in [3.63, 3.8) is 0 Å². The second kappa shape index (κ2) is 4.46. The van der Waals surface area contributed by atoms with E-state index < -0.39 is 42.1 Å². The van der Waals surface area contributed by atoms with Gasteiger partial charge in [-0.15, -0.1) is 0 Å². The molecule has 1 rings (SSSR count). The summed E-state index contributed by atoms with van der Waals surface area (Å²) in [5.74, 6) is -0.606. The number of halogens is 6. The smallest absolute Gasteiger partial charge is 0.393 e. The number of phenols is 1. The normalized spacial score (nSPS) is 12.8. The summed E-state index contributed by atoms with van der Waals surface area (Å²) in [6, 6.07) is 2.39. The van der Waals surface area contributed by atoms with Crippen LogP contribution in [0.5, 0.6) is 5.75 Å². The van der Waals surface area contributed by atoms with Gasteiger partial charge in [-0.1, -0.05) is 6.07 Å². The van der Waals surface area contributed by atoms with Crippen LogP contribution in [0.1, 0.15) is 11.1 Å². The minimum absolute atomic E-state index is 0.392. The molecule has 1 aromatic carbocycles. The van der Waals surface area contributed by atoms with Crippen LogP contribution in [0.3, 0.4) is 0 Å². The minimum Gasteiger partial charge on any atom is -0.508 e. The van der Waals surface area contributed by atoms with Gasteiger partial charge in [-0.25, -0.2) is 0 Å². The lowest BCUT2D eigenvalue weighted by Crippen LogP contribution is -2.14.